The van der Waals surface area contributed by atoms with E-state index in [9.17, 15) is 17.6 Å². The number of halogens is 5. The third-order valence-corrected chi connectivity index (χ3v) is 1.61. The minimum absolute atomic E-state index is 0.136. The van der Waals surface area contributed by atoms with Gasteiger partial charge in [-0.2, -0.15) is 13.8 Å². The highest BCUT2D eigenvalue weighted by atomic mass is 35.5. The van der Waals surface area contributed by atoms with Gasteiger partial charge in [0, 0.05) is 6.07 Å². The molecule has 0 aliphatic rings. The van der Waals surface area contributed by atoms with Crippen LogP contribution in [0.25, 0.3) is 0 Å². The molecule has 0 radical (unpaired) electrons. The monoisotopic (exact) mass is 259 g/mol. The van der Waals surface area contributed by atoms with Crippen LogP contribution in [0.1, 0.15) is 0 Å². The molecule has 0 atom stereocenters. The second-order valence-corrected chi connectivity index (χ2v) is 3.12. The number of nitrogens with zero attached hydrogens (tertiary/aromatic N) is 2. The van der Waals surface area contributed by atoms with Crippen LogP contribution in [0.3, 0.4) is 0 Å². The zero-order valence-corrected chi connectivity index (χ0v) is 8.39. The molecule has 0 fully saturated rings. The van der Waals surface area contributed by atoms with Crippen molar-refractivity contribution in [3.05, 3.63) is 11.2 Å². The van der Waals surface area contributed by atoms with E-state index in [2.05, 4.69) is 14.7 Å². The lowest BCUT2D eigenvalue weighted by molar-refractivity contribution is -0.148. The fourth-order valence-electron chi connectivity index (χ4n) is 0.721. The lowest BCUT2D eigenvalue weighted by Gasteiger charge is -2.15. The smallest absolute Gasteiger partial charge is 0.340 e. The molecular formula is C7H6ClF4N3O. The molecule has 0 bridgehead atoms. The summed E-state index contributed by atoms with van der Waals surface area (Å²) in [6, 6.07) is 0.986. The van der Waals surface area contributed by atoms with E-state index in [0.29, 0.717) is 0 Å². The van der Waals surface area contributed by atoms with Crippen molar-refractivity contribution in [3.63, 3.8) is 0 Å². The first-order chi connectivity index (χ1) is 7.31. The molecule has 1 aromatic heterocycles. The fraction of sp³-hybridized carbons (Fsp3) is 0.429. The Bertz CT molecular complexity index is 356. The minimum atomic E-state index is -4.26. The molecule has 4 nitrogen and oxygen atoms in total. The largest absolute Gasteiger partial charge is 0.471 e. The number of ether oxygens (including phenoxy) is 1. The maximum Gasteiger partial charge on any atom is 0.340 e. The molecule has 9 heteroatoms. The lowest BCUT2D eigenvalue weighted by Crippen LogP contribution is -2.33. The van der Waals surface area contributed by atoms with Gasteiger partial charge in [-0.05, 0) is 0 Å². The standard InChI is InChI=1S/C7H6ClF4N3O/c8-3-1-4(15-6(13)14-3)16-2-7(11,12)5(9)10/h1,5H,2H2,(H2,13,14,15). The van der Waals surface area contributed by atoms with Crippen molar-refractivity contribution in [1.29, 1.82) is 0 Å². The normalized spacial score (nSPS) is 11.9. The average molecular weight is 260 g/mol. The van der Waals surface area contributed by atoms with Gasteiger partial charge in [-0.1, -0.05) is 11.6 Å². The van der Waals surface area contributed by atoms with Crippen molar-refractivity contribution < 1.29 is 22.3 Å². The molecule has 1 aromatic rings. The van der Waals surface area contributed by atoms with E-state index >= 15 is 0 Å². The van der Waals surface area contributed by atoms with Crippen LogP contribution in [-0.2, 0) is 0 Å². The Kier molecular flexibility index (Phi) is 3.74. The summed E-state index contributed by atoms with van der Waals surface area (Å²) < 4.78 is 52.8. The van der Waals surface area contributed by atoms with Gasteiger partial charge < -0.3 is 10.5 Å². The van der Waals surface area contributed by atoms with E-state index in [-0.39, 0.29) is 11.1 Å². The highest BCUT2D eigenvalue weighted by molar-refractivity contribution is 6.29. The minimum Gasteiger partial charge on any atom is -0.471 e. The van der Waals surface area contributed by atoms with Gasteiger partial charge in [0.2, 0.25) is 11.8 Å². The van der Waals surface area contributed by atoms with Gasteiger partial charge in [0.25, 0.3) is 0 Å². The van der Waals surface area contributed by atoms with Gasteiger partial charge >= 0.3 is 12.3 Å². The summed E-state index contributed by atoms with van der Waals surface area (Å²) in [5.74, 6) is -4.95. The highest BCUT2D eigenvalue weighted by Crippen LogP contribution is 2.24. The van der Waals surface area contributed by atoms with Crippen molar-refractivity contribution in [2.45, 2.75) is 12.3 Å². The summed E-state index contributed by atoms with van der Waals surface area (Å²) in [5, 5.41) is -0.136. The quantitative estimate of drug-likeness (QED) is 0.663. The van der Waals surface area contributed by atoms with Crippen LogP contribution < -0.4 is 10.5 Å². The average Bonchev–Trinajstić information content (AvgIpc) is 2.13. The van der Waals surface area contributed by atoms with Crippen LogP contribution in [0, 0.1) is 0 Å². The van der Waals surface area contributed by atoms with Gasteiger partial charge in [0.15, 0.2) is 6.61 Å². The first-order valence-corrected chi connectivity index (χ1v) is 4.28. The van der Waals surface area contributed by atoms with Crippen molar-refractivity contribution in [3.8, 4) is 5.88 Å². The summed E-state index contributed by atoms with van der Waals surface area (Å²) in [4.78, 5) is 6.81. The Morgan fingerprint density at radius 2 is 2.06 bits per heavy atom. The second-order valence-electron chi connectivity index (χ2n) is 2.74. The van der Waals surface area contributed by atoms with Crippen LogP contribution >= 0.6 is 11.6 Å². The fourth-order valence-corrected chi connectivity index (χ4v) is 0.901. The molecule has 0 aromatic carbocycles. The van der Waals surface area contributed by atoms with Gasteiger partial charge in [0.05, 0.1) is 0 Å². The maximum atomic E-state index is 12.5. The number of alkyl halides is 4. The molecule has 0 amide bonds. The molecule has 0 aliphatic carbocycles. The Hall–Kier alpha value is -1.31. The summed E-state index contributed by atoms with van der Waals surface area (Å²) >= 11 is 5.42. The van der Waals surface area contributed by atoms with Crippen LogP contribution in [0.5, 0.6) is 5.88 Å². The van der Waals surface area contributed by atoms with Gasteiger partial charge in [-0.15, -0.1) is 0 Å². The molecule has 90 valence electrons. The first kappa shape index (κ1) is 12.8. The summed E-state index contributed by atoms with van der Waals surface area (Å²) in [6.45, 7) is -1.52. The molecular weight excluding hydrogens is 254 g/mol. The Labute approximate surface area is 92.4 Å². The van der Waals surface area contributed by atoms with Crippen molar-refractivity contribution >= 4 is 17.5 Å². The molecule has 0 saturated heterocycles. The molecule has 0 spiro atoms. The molecule has 2 N–H and O–H groups in total. The van der Waals surface area contributed by atoms with Gasteiger partial charge in [0.1, 0.15) is 5.15 Å². The topological polar surface area (TPSA) is 61.0 Å². The number of hydrogen-bond acceptors (Lipinski definition) is 4. The number of nitrogen functional groups attached to an aromatic ring is 1. The molecule has 0 unspecified atom stereocenters. The van der Waals surface area contributed by atoms with Crippen molar-refractivity contribution in [2.24, 2.45) is 0 Å². The summed E-state index contributed by atoms with van der Waals surface area (Å²) in [6.07, 6.45) is -3.82. The van der Waals surface area contributed by atoms with E-state index < -0.39 is 24.8 Å². The SMILES string of the molecule is Nc1nc(Cl)cc(OCC(F)(F)C(F)F)n1. The molecule has 0 aliphatic heterocycles. The maximum absolute atomic E-state index is 12.5. The Morgan fingerprint density at radius 3 is 2.56 bits per heavy atom. The summed E-state index contributed by atoms with van der Waals surface area (Å²) in [5.41, 5.74) is 5.14. The predicted molar refractivity (Wildman–Crippen MR) is 47.9 cm³/mol. The number of aromatic nitrogens is 2. The lowest BCUT2D eigenvalue weighted by atomic mass is 10.4. The number of hydrogen-bond donors (Lipinski definition) is 1. The third kappa shape index (κ3) is 3.37. The van der Waals surface area contributed by atoms with Crippen molar-refractivity contribution in [2.75, 3.05) is 12.3 Å². The van der Waals surface area contributed by atoms with Crippen LogP contribution in [0.4, 0.5) is 23.5 Å². The van der Waals surface area contributed by atoms with Crippen LogP contribution in [0.2, 0.25) is 5.15 Å². The zero-order valence-electron chi connectivity index (χ0n) is 7.63. The molecule has 1 rings (SSSR count). The van der Waals surface area contributed by atoms with Crippen molar-refractivity contribution in [1.82, 2.24) is 9.97 Å². The third-order valence-electron chi connectivity index (χ3n) is 1.42. The predicted octanol–water partition coefficient (Wildman–Crippen LogP) is 1.99. The van der Waals surface area contributed by atoms with Crippen LogP contribution in [-0.4, -0.2) is 28.9 Å². The first-order valence-electron chi connectivity index (χ1n) is 3.90. The number of anilines is 1. The highest BCUT2D eigenvalue weighted by Gasteiger charge is 2.41. The van der Waals surface area contributed by atoms with E-state index in [1.54, 1.807) is 0 Å². The summed E-state index contributed by atoms with van der Waals surface area (Å²) in [7, 11) is 0. The van der Waals surface area contributed by atoms with Gasteiger partial charge in [-0.25, -0.2) is 13.8 Å². The Morgan fingerprint density at radius 1 is 1.44 bits per heavy atom. The van der Waals surface area contributed by atoms with E-state index in [1.807, 2.05) is 0 Å². The molecule has 1 heterocycles. The number of nitrogens with two attached hydrogens (primary N) is 1. The zero-order chi connectivity index (χ0) is 12.3. The molecule has 16 heavy (non-hydrogen) atoms. The molecule has 0 saturated carbocycles. The van der Waals surface area contributed by atoms with E-state index in [4.69, 9.17) is 17.3 Å². The number of rotatable bonds is 4. The Balaban J connectivity index is 2.68. The van der Waals surface area contributed by atoms with E-state index in [0.717, 1.165) is 6.07 Å². The van der Waals surface area contributed by atoms with Crippen LogP contribution in [0.15, 0.2) is 6.07 Å². The second kappa shape index (κ2) is 4.69. The van der Waals surface area contributed by atoms with Gasteiger partial charge in [-0.3, -0.25) is 0 Å². The van der Waals surface area contributed by atoms with E-state index in [1.165, 1.54) is 0 Å².